The largest absolute Gasteiger partial charge is 0.466 e. The minimum Gasteiger partial charge on any atom is -0.466 e. The van der Waals surface area contributed by atoms with Crippen LogP contribution >= 0.6 is 0 Å². The average molecular weight is 283 g/mol. The van der Waals surface area contributed by atoms with Crippen molar-refractivity contribution >= 4 is 12.1 Å². The molecule has 0 bridgehead atoms. The molecule has 5 heteroatoms. The number of carbonyl (C=O) groups is 2. The zero-order valence-corrected chi connectivity index (χ0v) is 13.3. The van der Waals surface area contributed by atoms with Crippen LogP contribution < -0.4 is 0 Å². The molecule has 0 aliphatic carbocycles. The highest BCUT2D eigenvalue weighted by Crippen LogP contribution is 2.34. The Hall–Kier alpha value is -1.52. The van der Waals surface area contributed by atoms with E-state index in [1.165, 1.54) is 13.2 Å². The summed E-state index contributed by atoms with van der Waals surface area (Å²) >= 11 is 0. The number of rotatable bonds is 1. The molecule has 0 radical (unpaired) electrons. The summed E-state index contributed by atoms with van der Waals surface area (Å²) in [7, 11) is 1.36. The standard InChI is InChI=1S/C15H25NO4/c1-14(2,3)20-13(18)16-8-7-11(9-12(17)19-6)15(4,5)10-16/h9H,7-8,10H2,1-6H3/b11-9-. The molecule has 0 saturated carbocycles. The molecule has 0 spiro atoms. The van der Waals surface area contributed by atoms with Gasteiger partial charge in [0.2, 0.25) is 0 Å². The molecule has 1 aliphatic heterocycles. The quantitative estimate of drug-likeness (QED) is 0.548. The molecule has 0 unspecified atom stereocenters. The summed E-state index contributed by atoms with van der Waals surface area (Å²) in [4.78, 5) is 25.1. The average Bonchev–Trinajstić information content (AvgIpc) is 2.28. The van der Waals surface area contributed by atoms with Crippen LogP contribution in [-0.4, -0.2) is 42.8 Å². The van der Waals surface area contributed by atoms with Crippen molar-refractivity contribution in [1.82, 2.24) is 4.90 Å². The van der Waals surface area contributed by atoms with Gasteiger partial charge in [-0.1, -0.05) is 19.4 Å². The lowest BCUT2D eigenvalue weighted by Crippen LogP contribution is -2.46. The fourth-order valence-electron chi connectivity index (χ4n) is 2.20. The highest BCUT2D eigenvalue weighted by atomic mass is 16.6. The summed E-state index contributed by atoms with van der Waals surface area (Å²) in [5.41, 5.74) is 0.247. The van der Waals surface area contributed by atoms with E-state index in [2.05, 4.69) is 4.74 Å². The zero-order chi connectivity index (χ0) is 15.6. The van der Waals surface area contributed by atoms with Crippen LogP contribution in [0.4, 0.5) is 4.79 Å². The van der Waals surface area contributed by atoms with Crippen molar-refractivity contribution in [2.75, 3.05) is 20.2 Å². The molecular weight excluding hydrogens is 258 g/mol. The highest BCUT2D eigenvalue weighted by molar-refractivity contribution is 5.83. The van der Waals surface area contributed by atoms with Crippen LogP contribution in [-0.2, 0) is 14.3 Å². The van der Waals surface area contributed by atoms with E-state index in [4.69, 9.17) is 4.74 Å². The Kier molecular flexibility index (Phi) is 4.84. The minimum absolute atomic E-state index is 0.261. The van der Waals surface area contributed by atoms with Gasteiger partial charge in [-0.15, -0.1) is 0 Å². The van der Waals surface area contributed by atoms with Crippen LogP contribution in [0.1, 0.15) is 41.0 Å². The van der Waals surface area contributed by atoms with E-state index in [-0.39, 0.29) is 17.5 Å². The van der Waals surface area contributed by atoms with Gasteiger partial charge in [-0.2, -0.15) is 0 Å². The van der Waals surface area contributed by atoms with Gasteiger partial charge in [0.25, 0.3) is 0 Å². The molecule has 1 saturated heterocycles. The second-order valence-electron chi connectivity index (χ2n) is 6.73. The molecule has 5 nitrogen and oxygen atoms in total. The van der Waals surface area contributed by atoms with Crippen LogP contribution in [0.5, 0.6) is 0 Å². The molecule has 0 aromatic carbocycles. The molecule has 1 aliphatic rings. The number of ether oxygens (including phenoxy) is 2. The van der Waals surface area contributed by atoms with E-state index in [0.717, 1.165) is 5.57 Å². The molecule has 1 rings (SSSR count). The second kappa shape index (κ2) is 5.85. The zero-order valence-electron chi connectivity index (χ0n) is 13.3. The SMILES string of the molecule is COC(=O)/C=C1/CCN(C(=O)OC(C)(C)C)CC1(C)C. The predicted octanol–water partition coefficient (Wildman–Crippen LogP) is 2.75. The first-order valence-electron chi connectivity index (χ1n) is 6.82. The van der Waals surface area contributed by atoms with Crippen molar-refractivity contribution < 1.29 is 19.1 Å². The van der Waals surface area contributed by atoms with Gasteiger partial charge in [-0.3, -0.25) is 0 Å². The maximum absolute atomic E-state index is 12.1. The maximum Gasteiger partial charge on any atom is 0.410 e. The molecule has 0 atom stereocenters. The molecular formula is C15H25NO4. The first-order chi connectivity index (χ1) is 9.05. The van der Waals surface area contributed by atoms with Crippen molar-refractivity contribution in [2.24, 2.45) is 5.41 Å². The number of likely N-dealkylation sites (tertiary alicyclic amines) is 1. The fourth-order valence-corrected chi connectivity index (χ4v) is 2.20. The number of amides is 1. The second-order valence-corrected chi connectivity index (χ2v) is 6.73. The van der Waals surface area contributed by atoms with Crippen molar-refractivity contribution in [3.8, 4) is 0 Å². The van der Waals surface area contributed by atoms with E-state index < -0.39 is 5.60 Å². The highest BCUT2D eigenvalue weighted by Gasteiger charge is 2.35. The molecule has 0 N–H and O–H groups in total. The van der Waals surface area contributed by atoms with Gasteiger partial charge in [0.15, 0.2) is 0 Å². The Balaban J connectivity index is 2.76. The third kappa shape index (κ3) is 4.54. The van der Waals surface area contributed by atoms with Gasteiger partial charge in [0, 0.05) is 24.6 Å². The molecule has 1 fully saturated rings. The number of piperidine rings is 1. The van der Waals surface area contributed by atoms with E-state index in [1.807, 2.05) is 34.6 Å². The summed E-state index contributed by atoms with van der Waals surface area (Å²) in [6.07, 6.45) is 1.89. The monoisotopic (exact) mass is 283 g/mol. The number of methoxy groups -OCH3 is 1. The Morgan fingerprint density at radius 1 is 1.30 bits per heavy atom. The molecule has 1 heterocycles. The number of hydrogen-bond donors (Lipinski definition) is 0. The summed E-state index contributed by atoms with van der Waals surface area (Å²) in [6, 6.07) is 0. The lowest BCUT2D eigenvalue weighted by atomic mass is 9.79. The van der Waals surface area contributed by atoms with Crippen LogP contribution in [0, 0.1) is 5.41 Å². The lowest BCUT2D eigenvalue weighted by molar-refractivity contribution is -0.135. The van der Waals surface area contributed by atoms with Crippen LogP contribution in [0.3, 0.4) is 0 Å². The number of carbonyl (C=O) groups excluding carboxylic acids is 2. The maximum atomic E-state index is 12.1. The summed E-state index contributed by atoms with van der Waals surface area (Å²) in [6.45, 7) is 10.7. The lowest BCUT2D eigenvalue weighted by Gasteiger charge is -2.40. The van der Waals surface area contributed by atoms with Crippen LogP contribution in [0.25, 0.3) is 0 Å². The van der Waals surface area contributed by atoms with E-state index in [0.29, 0.717) is 19.5 Å². The summed E-state index contributed by atoms with van der Waals surface area (Å²) in [5.74, 6) is -0.348. The summed E-state index contributed by atoms with van der Waals surface area (Å²) in [5, 5.41) is 0. The van der Waals surface area contributed by atoms with Crippen LogP contribution in [0.2, 0.25) is 0 Å². The third-order valence-electron chi connectivity index (χ3n) is 3.25. The molecule has 114 valence electrons. The smallest absolute Gasteiger partial charge is 0.410 e. The Bertz CT molecular complexity index is 418. The molecule has 1 amide bonds. The number of nitrogens with zero attached hydrogens (tertiary/aromatic N) is 1. The Morgan fingerprint density at radius 2 is 1.90 bits per heavy atom. The minimum atomic E-state index is -0.497. The van der Waals surface area contributed by atoms with Crippen molar-refractivity contribution in [3.63, 3.8) is 0 Å². The first-order valence-corrected chi connectivity index (χ1v) is 6.82. The Labute approximate surface area is 120 Å². The van der Waals surface area contributed by atoms with Gasteiger partial charge in [0.05, 0.1) is 7.11 Å². The molecule has 0 aromatic rings. The molecule has 0 aromatic heterocycles. The van der Waals surface area contributed by atoms with Crippen LogP contribution in [0.15, 0.2) is 11.6 Å². The van der Waals surface area contributed by atoms with E-state index in [9.17, 15) is 9.59 Å². The van der Waals surface area contributed by atoms with Gasteiger partial charge >= 0.3 is 12.1 Å². The number of hydrogen-bond acceptors (Lipinski definition) is 4. The van der Waals surface area contributed by atoms with Crippen molar-refractivity contribution in [2.45, 2.75) is 46.6 Å². The Morgan fingerprint density at radius 3 is 2.35 bits per heavy atom. The van der Waals surface area contributed by atoms with E-state index in [1.54, 1.807) is 4.90 Å². The van der Waals surface area contributed by atoms with Gasteiger partial charge in [0.1, 0.15) is 5.60 Å². The third-order valence-corrected chi connectivity index (χ3v) is 3.25. The van der Waals surface area contributed by atoms with E-state index >= 15 is 0 Å². The molecule has 20 heavy (non-hydrogen) atoms. The van der Waals surface area contributed by atoms with Crippen molar-refractivity contribution in [1.29, 1.82) is 0 Å². The van der Waals surface area contributed by atoms with Gasteiger partial charge in [-0.25, -0.2) is 9.59 Å². The number of esters is 1. The normalized spacial score (nSPS) is 20.7. The predicted molar refractivity (Wildman–Crippen MR) is 76.3 cm³/mol. The van der Waals surface area contributed by atoms with Crippen molar-refractivity contribution in [3.05, 3.63) is 11.6 Å². The first kappa shape index (κ1) is 16.5. The topological polar surface area (TPSA) is 55.8 Å². The van der Waals surface area contributed by atoms with Gasteiger partial charge < -0.3 is 14.4 Å². The fraction of sp³-hybridized carbons (Fsp3) is 0.733. The summed E-state index contributed by atoms with van der Waals surface area (Å²) < 4.78 is 10.0. The van der Waals surface area contributed by atoms with Gasteiger partial charge in [-0.05, 0) is 27.2 Å².